The predicted molar refractivity (Wildman–Crippen MR) is 103 cm³/mol. The second kappa shape index (κ2) is 7.55. The molecule has 1 heterocycles. The van der Waals surface area contributed by atoms with Crippen LogP contribution in [0.15, 0.2) is 48.5 Å². The minimum atomic E-state index is -0.170. The first-order valence-electron chi connectivity index (χ1n) is 7.46. The average Bonchev–Trinajstić information content (AvgIpc) is 2.85. The molecule has 1 aliphatic heterocycles. The maximum absolute atomic E-state index is 12.7. The lowest BCUT2D eigenvalue weighted by Crippen LogP contribution is -2.31. The number of thioether (sulfide) groups is 1. The number of hydrogen-bond donors (Lipinski definition) is 0. The van der Waals surface area contributed by atoms with Crippen LogP contribution in [-0.2, 0) is 17.8 Å². The molecule has 2 aromatic rings. The van der Waals surface area contributed by atoms with Crippen LogP contribution >= 0.6 is 35.6 Å². The highest BCUT2D eigenvalue weighted by Gasteiger charge is 2.36. The van der Waals surface area contributed by atoms with Gasteiger partial charge in [-0.05, 0) is 41.8 Å². The molecule has 1 atom stereocenters. The van der Waals surface area contributed by atoms with Crippen molar-refractivity contribution in [2.45, 2.75) is 18.2 Å². The van der Waals surface area contributed by atoms with E-state index in [4.69, 9.17) is 28.6 Å². The molecule has 0 saturated carbocycles. The third kappa shape index (κ3) is 3.91. The topological polar surface area (TPSA) is 29.5 Å². The zero-order chi connectivity index (χ0) is 17.1. The molecule has 124 valence electrons. The molecule has 24 heavy (non-hydrogen) atoms. The monoisotopic (exact) mass is 377 g/mol. The Bertz CT molecular complexity index is 747. The van der Waals surface area contributed by atoms with E-state index in [1.165, 1.54) is 11.8 Å². The molecule has 1 amide bonds. The molecule has 1 fully saturated rings. The number of hydrogen-bond acceptors (Lipinski definition) is 4. The van der Waals surface area contributed by atoms with Crippen molar-refractivity contribution in [1.82, 2.24) is 4.90 Å². The van der Waals surface area contributed by atoms with Gasteiger partial charge in [0.1, 0.15) is 10.1 Å². The van der Waals surface area contributed by atoms with Gasteiger partial charge in [0.15, 0.2) is 0 Å². The van der Waals surface area contributed by atoms with Crippen molar-refractivity contribution in [1.29, 1.82) is 0 Å². The fourth-order valence-electron chi connectivity index (χ4n) is 2.52. The normalized spacial score (nSPS) is 17.4. The molecule has 1 saturated heterocycles. The van der Waals surface area contributed by atoms with Crippen molar-refractivity contribution in [3.05, 3.63) is 64.7 Å². The number of carbonyl (C=O) groups is 1. The summed E-state index contributed by atoms with van der Waals surface area (Å²) in [5.41, 5.74) is 2.11. The van der Waals surface area contributed by atoms with Crippen LogP contribution in [0.1, 0.15) is 11.1 Å². The number of nitrogens with zero attached hydrogens (tertiary/aromatic N) is 1. The first kappa shape index (κ1) is 17.3. The number of thiocarbonyl (C=S) groups is 1. The van der Waals surface area contributed by atoms with E-state index in [1.807, 2.05) is 48.5 Å². The van der Waals surface area contributed by atoms with E-state index in [1.54, 1.807) is 12.0 Å². The fourth-order valence-corrected chi connectivity index (χ4v) is 4.18. The van der Waals surface area contributed by atoms with E-state index in [0.717, 1.165) is 16.9 Å². The van der Waals surface area contributed by atoms with E-state index >= 15 is 0 Å². The van der Waals surface area contributed by atoms with Gasteiger partial charge in [0.2, 0.25) is 5.91 Å². The van der Waals surface area contributed by atoms with Crippen LogP contribution in [0.4, 0.5) is 0 Å². The number of halogens is 1. The van der Waals surface area contributed by atoms with Gasteiger partial charge < -0.3 is 4.74 Å². The van der Waals surface area contributed by atoms with E-state index in [0.29, 0.717) is 22.3 Å². The number of benzene rings is 2. The van der Waals surface area contributed by atoms with Gasteiger partial charge >= 0.3 is 0 Å². The second-order valence-corrected chi connectivity index (χ2v) is 7.75. The van der Waals surface area contributed by atoms with E-state index in [9.17, 15) is 4.79 Å². The van der Waals surface area contributed by atoms with Crippen LogP contribution in [0.2, 0.25) is 5.02 Å². The Kier molecular flexibility index (Phi) is 5.43. The van der Waals surface area contributed by atoms with Gasteiger partial charge in [0, 0.05) is 5.02 Å². The number of carbonyl (C=O) groups excluding carboxylic acids is 1. The third-order valence-electron chi connectivity index (χ3n) is 3.84. The molecular formula is C18H16ClNO2S2. The maximum atomic E-state index is 12.7. The third-order valence-corrected chi connectivity index (χ3v) is 5.67. The zero-order valence-electron chi connectivity index (χ0n) is 13.1. The van der Waals surface area contributed by atoms with Gasteiger partial charge in [0.05, 0.1) is 18.9 Å². The molecule has 0 aromatic heterocycles. The number of ether oxygens (including phenoxy) is 1. The molecule has 0 radical (unpaired) electrons. The first-order valence-corrected chi connectivity index (χ1v) is 9.13. The highest BCUT2D eigenvalue weighted by Crippen LogP contribution is 2.31. The van der Waals surface area contributed by atoms with E-state index in [2.05, 4.69) is 0 Å². The van der Waals surface area contributed by atoms with Crippen LogP contribution in [-0.4, -0.2) is 27.5 Å². The summed E-state index contributed by atoms with van der Waals surface area (Å²) >= 11 is 12.8. The molecule has 3 nitrogen and oxygen atoms in total. The highest BCUT2D eigenvalue weighted by molar-refractivity contribution is 8.24. The van der Waals surface area contributed by atoms with Crippen LogP contribution in [0.5, 0.6) is 5.75 Å². The summed E-state index contributed by atoms with van der Waals surface area (Å²) in [7, 11) is 1.63. The van der Waals surface area contributed by atoms with Gasteiger partial charge in [-0.2, -0.15) is 0 Å². The summed E-state index contributed by atoms with van der Waals surface area (Å²) in [5, 5.41) is 0.526. The molecule has 0 bridgehead atoms. The Morgan fingerprint density at radius 3 is 2.38 bits per heavy atom. The molecule has 3 rings (SSSR count). The fraction of sp³-hybridized carbons (Fsp3) is 0.222. The van der Waals surface area contributed by atoms with Crippen LogP contribution in [0, 0.1) is 0 Å². The minimum absolute atomic E-state index is 0.0655. The smallest absolute Gasteiger partial charge is 0.242 e. The summed E-state index contributed by atoms with van der Waals surface area (Å²) < 4.78 is 5.79. The molecule has 0 N–H and O–H groups in total. The number of amides is 1. The van der Waals surface area contributed by atoms with Gasteiger partial charge in [-0.15, -0.1) is 0 Å². The number of rotatable bonds is 5. The van der Waals surface area contributed by atoms with Gasteiger partial charge in [-0.1, -0.05) is 59.8 Å². The van der Waals surface area contributed by atoms with Crippen molar-refractivity contribution < 1.29 is 9.53 Å². The lowest BCUT2D eigenvalue weighted by molar-refractivity contribution is -0.126. The number of methoxy groups -OCH3 is 1. The van der Waals surface area contributed by atoms with Gasteiger partial charge in [-0.25, -0.2) is 0 Å². The molecule has 2 aromatic carbocycles. The standard InChI is InChI=1S/C18H16ClNO2S2/c1-22-15-8-4-13(5-9-15)11-20-17(21)16(24-18(20)23)10-12-2-6-14(19)7-3-12/h2-9,16H,10-11H2,1H3/t16-/m0/s1. The Hall–Kier alpha value is -1.56. The SMILES string of the molecule is COc1ccc(CN2C(=O)[C@H](Cc3ccc(Cl)cc3)SC2=S)cc1. The van der Waals surface area contributed by atoms with Crippen LogP contribution < -0.4 is 4.74 Å². The van der Waals surface area contributed by atoms with Crippen molar-refractivity contribution >= 4 is 45.8 Å². The lowest BCUT2D eigenvalue weighted by atomic mass is 10.1. The molecule has 6 heteroatoms. The summed E-state index contributed by atoms with van der Waals surface area (Å²) in [4.78, 5) is 14.4. The predicted octanol–water partition coefficient (Wildman–Crippen LogP) is 4.32. The lowest BCUT2D eigenvalue weighted by Gasteiger charge is -2.16. The van der Waals surface area contributed by atoms with Gasteiger partial charge in [-0.3, -0.25) is 9.69 Å². The van der Waals surface area contributed by atoms with Gasteiger partial charge in [0.25, 0.3) is 0 Å². The second-order valence-electron chi connectivity index (χ2n) is 5.48. The van der Waals surface area contributed by atoms with Crippen molar-refractivity contribution in [3.8, 4) is 5.75 Å². The van der Waals surface area contributed by atoms with Crippen LogP contribution in [0.3, 0.4) is 0 Å². The Balaban J connectivity index is 1.67. The molecule has 0 spiro atoms. The van der Waals surface area contributed by atoms with Crippen LogP contribution in [0.25, 0.3) is 0 Å². The van der Waals surface area contributed by atoms with E-state index in [-0.39, 0.29) is 11.2 Å². The Morgan fingerprint density at radius 2 is 1.75 bits per heavy atom. The highest BCUT2D eigenvalue weighted by atomic mass is 35.5. The Labute approximate surface area is 155 Å². The van der Waals surface area contributed by atoms with Crippen molar-refractivity contribution in [2.24, 2.45) is 0 Å². The summed E-state index contributed by atoms with van der Waals surface area (Å²) in [5.74, 6) is 0.861. The quantitative estimate of drug-likeness (QED) is 0.726. The molecular weight excluding hydrogens is 362 g/mol. The largest absolute Gasteiger partial charge is 0.497 e. The summed E-state index contributed by atoms with van der Waals surface area (Å²) in [6.07, 6.45) is 0.653. The van der Waals surface area contributed by atoms with Crippen molar-refractivity contribution in [3.63, 3.8) is 0 Å². The molecule has 0 unspecified atom stereocenters. The average molecular weight is 378 g/mol. The minimum Gasteiger partial charge on any atom is -0.497 e. The molecule has 1 aliphatic rings. The maximum Gasteiger partial charge on any atom is 0.242 e. The van der Waals surface area contributed by atoms with Crippen molar-refractivity contribution in [2.75, 3.05) is 7.11 Å². The summed E-state index contributed by atoms with van der Waals surface area (Å²) in [6, 6.07) is 15.3. The first-order chi connectivity index (χ1) is 11.6. The summed E-state index contributed by atoms with van der Waals surface area (Å²) in [6.45, 7) is 0.492. The zero-order valence-corrected chi connectivity index (χ0v) is 15.5. The van der Waals surface area contributed by atoms with E-state index < -0.39 is 0 Å². The molecule has 0 aliphatic carbocycles. The Morgan fingerprint density at radius 1 is 1.12 bits per heavy atom.